The van der Waals surface area contributed by atoms with E-state index in [0.29, 0.717) is 12.0 Å². The molecule has 1 aliphatic carbocycles. The van der Waals surface area contributed by atoms with Crippen molar-refractivity contribution < 1.29 is 0 Å². The normalized spacial score (nSPS) is 26.6. The largest absolute Gasteiger partial charge is 0.398 e. The van der Waals surface area contributed by atoms with E-state index in [1.54, 1.807) is 6.08 Å². The minimum Gasteiger partial charge on any atom is -0.398 e. The topological polar surface area (TPSA) is 38.0 Å². The van der Waals surface area contributed by atoms with Crippen LogP contribution in [0.15, 0.2) is 60.4 Å². The zero-order chi connectivity index (χ0) is 12.3. The summed E-state index contributed by atoms with van der Waals surface area (Å²) in [5.41, 5.74) is 9.81. The number of likely N-dealkylation sites (N-methyl/N-ethyl adjacent to an activating group) is 1. The van der Waals surface area contributed by atoms with E-state index >= 15 is 0 Å². The predicted molar refractivity (Wildman–Crippen MR) is 70.8 cm³/mol. The Hall–Kier alpha value is -1.54. The lowest BCUT2D eigenvalue weighted by Gasteiger charge is -1.99. The van der Waals surface area contributed by atoms with Gasteiger partial charge in [0.25, 0.3) is 0 Å². The highest BCUT2D eigenvalue weighted by atomic mass is 15.0. The molecule has 2 atom stereocenters. The monoisotopic (exact) mass is 216 g/mol. The lowest BCUT2D eigenvalue weighted by atomic mass is 10.1. The molecule has 3 N–H and O–H groups in total. The van der Waals surface area contributed by atoms with Crippen LogP contribution in [-0.4, -0.2) is 13.1 Å². The van der Waals surface area contributed by atoms with E-state index in [2.05, 4.69) is 25.1 Å². The van der Waals surface area contributed by atoms with Gasteiger partial charge >= 0.3 is 0 Å². The summed E-state index contributed by atoms with van der Waals surface area (Å²) >= 11 is 0. The number of rotatable bonds is 5. The van der Waals surface area contributed by atoms with E-state index < -0.39 is 0 Å². The fourth-order valence-electron chi connectivity index (χ4n) is 1.95. The van der Waals surface area contributed by atoms with Crippen molar-refractivity contribution in [3.05, 3.63) is 60.4 Å². The van der Waals surface area contributed by atoms with Crippen molar-refractivity contribution >= 4 is 0 Å². The number of nitrogens with two attached hydrogens (primary N) is 1. The molecular formula is C14H20N2. The lowest BCUT2D eigenvalue weighted by Crippen LogP contribution is -2.12. The summed E-state index contributed by atoms with van der Waals surface area (Å²) in [7, 11) is 1.93. The van der Waals surface area contributed by atoms with Crippen LogP contribution in [0.1, 0.15) is 6.92 Å². The van der Waals surface area contributed by atoms with E-state index in [0.717, 1.165) is 16.8 Å². The minimum absolute atomic E-state index is 0.292. The fraction of sp³-hybridized carbons (Fsp3) is 0.286. The summed E-state index contributed by atoms with van der Waals surface area (Å²) in [6, 6.07) is 0.292. The van der Waals surface area contributed by atoms with Gasteiger partial charge in [-0.25, -0.2) is 0 Å². The molecule has 2 unspecified atom stereocenters. The molecule has 0 radical (unpaired) electrons. The number of nitrogens with one attached hydrogen (secondary N) is 1. The SMILES string of the molecule is C=CC(=C)/C(N)=C1/C(NC)C1C(=C)/C=C\C. The van der Waals surface area contributed by atoms with Gasteiger partial charge in [-0.2, -0.15) is 0 Å². The number of allylic oxidation sites excluding steroid dienone is 3. The Morgan fingerprint density at radius 3 is 2.50 bits per heavy atom. The molecule has 2 heteroatoms. The average Bonchev–Trinajstić information content (AvgIpc) is 3.01. The van der Waals surface area contributed by atoms with Gasteiger partial charge in [0, 0.05) is 17.7 Å². The van der Waals surface area contributed by atoms with Crippen molar-refractivity contribution in [1.82, 2.24) is 5.32 Å². The molecule has 0 aliphatic heterocycles. The van der Waals surface area contributed by atoms with Crippen LogP contribution in [0.4, 0.5) is 0 Å². The molecule has 86 valence electrons. The number of hydrogen-bond donors (Lipinski definition) is 2. The molecule has 0 aromatic rings. The van der Waals surface area contributed by atoms with Crippen molar-refractivity contribution in [1.29, 1.82) is 0 Å². The third-order valence-electron chi connectivity index (χ3n) is 2.89. The summed E-state index contributed by atoms with van der Waals surface area (Å²) < 4.78 is 0. The van der Waals surface area contributed by atoms with Gasteiger partial charge in [0.05, 0.1) is 0 Å². The second-order valence-electron chi connectivity index (χ2n) is 3.92. The predicted octanol–water partition coefficient (Wildman–Crippen LogP) is 2.29. The van der Waals surface area contributed by atoms with Gasteiger partial charge in [-0.05, 0) is 30.7 Å². The fourth-order valence-corrected chi connectivity index (χ4v) is 1.95. The first-order chi connectivity index (χ1) is 7.58. The molecule has 0 amide bonds. The maximum atomic E-state index is 6.03. The van der Waals surface area contributed by atoms with Crippen LogP contribution >= 0.6 is 0 Å². The third-order valence-corrected chi connectivity index (χ3v) is 2.89. The Kier molecular flexibility index (Phi) is 3.91. The maximum absolute atomic E-state index is 6.03. The second kappa shape index (κ2) is 4.99. The smallest absolute Gasteiger partial charge is 0.0415 e. The summed E-state index contributed by atoms with van der Waals surface area (Å²) in [6.45, 7) is 13.6. The number of hydrogen-bond acceptors (Lipinski definition) is 2. The quantitative estimate of drug-likeness (QED) is 0.692. The van der Waals surface area contributed by atoms with Crippen LogP contribution in [0.2, 0.25) is 0 Å². The van der Waals surface area contributed by atoms with Gasteiger partial charge < -0.3 is 11.1 Å². The lowest BCUT2D eigenvalue weighted by molar-refractivity contribution is 0.770. The summed E-state index contributed by atoms with van der Waals surface area (Å²) in [4.78, 5) is 0. The molecule has 2 nitrogen and oxygen atoms in total. The zero-order valence-corrected chi connectivity index (χ0v) is 10.1. The first-order valence-corrected chi connectivity index (χ1v) is 5.38. The Bertz CT molecular complexity index is 386. The molecule has 0 aromatic carbocycles. The van der Waals surface area contributed by atoms with E-state index in [9.17, 15) is 0 Å². The highest BCUT2D eigenvalue weighted by Gasteiger charge is 2.46. The van der Waals surface area contributed by atoms with Crippen molar-refractivity contribution in [2.75, 3.05) is 7.05 Å². The van der Waals surface area contributed by atoms with Crippen molar-refractivity contribution in [2.45, 2.75) is 13.0 Å². The molecule has 1 saturated carbocycles. The van der Waals surface area contributed by atoms with Crippen molar-refractivity contribution in [3.8, 4) is 0 Å². The summed E-state index contributed by atoms with van der Waals surface area (Å²) in [5, 5.41) is 3.23. The van der Waals surface area contributed by atoms with Crippen LogP contribution in [0.5, 0.6) is 0 Å². The molecule has 0 aromatic heterocycles. The highest BCUT2D eigenvalue weighted by molar-refractivity contribution is 5.54. The highest BCUT2D eigenvalue weighted by Crippen LogP contribution is 2.45. The zero-order valence-electron chi connectivity index (χ0n) is 10.1. The van der Waals surface area contributed by atoms with Gasteiger partial charge in [-0.3, -0.25) is 0 Å². The molecule has 0 saturated heterocycles. The Morgan fingerprint density at radius 2 is 2.06 bits per heavy atom. The van der Waals surface area contributed by atoms with E-state index in [1.165, 1.54) is 5.57 Å². The van der Waals surface area contributed by atoms with Crippen LogP contribution < -0.4 is 11.1 Å². The first kappa shape index (κ1) is 12.5. The van der Waals surface area contributed by atoms with E-state index in [1.807, 2.05) is 26.1 Å². The molecule has 0 spiro atoms. The average molecular weight is 216 g/mol. The van der Waals surface area contributed by atoms with Crippen LogP contribution in [0.3, 0.4) is 0 Å². The van der Waals surface area contributed by atoms with Crippen LogP contribution in [0.25, 0.3) is 0 Å². The van der Waals surface area contributed by atoms with Crippen LogP contribution in [0, 0.1) is 5.92 Å². The van der Waals surface area contributed by atoms with Gasteiger partial charge in [0.1, 0.15) is 0 Å². The van der Waals surface area contributed by atoms with E-state index in [-0.39, 0.29) is 0 Å². The summed E-state index contributed by atoms with van der Waals surface area (Å²) in [6.07, 6.45) is 5.69. The third kappa shape index (κ3) is 2.17. The van der Waals surface area contributed by atoms with Gasteiger partial charge in [-0.1, -0.05) is 38.0 Å². The van der Waals surface area contributed by atoms with Gasteiger partial charge in [0.2, 0.25) is 0 Å². The van der Waals surface area contributed by atoms with Crippen molar-refractivity contribution in [3.63, 3.8) is 0 Å². The first-order valence-electron chi connectivity index (χ1n) is 5.38. The molecule has 0 heterocycles. The Morgan fingerprint density at radius 1 is 1.44 bits per heavy atom. The molecule has 1 fully saturated rings. The minimum atomic E-state index is 0.292. The molecule has 16 heavy (non-hydrogen) atoms. The van der Waals surface area contributed by atoms with Gasteiger partial charge in [-0.15, -0.1) is 0 Å². The molecule has 0 bridgehead atoms. The Balaban J connectivity index is 2.96. The maximum Gasteiger partial charge on any atom is 0.0415 e. The summed E-state index contributed by atoms with van der Waals surface area (Å²) in [5.74, 6) is 0.304. The van der Waals surface area contributed by atoms with Crippen molar-refractivity contribution in [2.24, 2.45) is 11.7 Å². The molecule has 1 aliphatic rings. The van der Waals surface area contributed by atoms with E-state index in [4.69, 9.17) is 5.73 Å². The second-order valence-corrected chi connectivity index (χ2v) is 3.92. The molecule has 1 rings (SSSR count). The van der Waals surface area contributed by atoms with Crippen LogP contribution in [-0.2, 0) is 0 Å². The molecular weight excluding hydrogens is 196 g/mol. The standard InChI is InChI=1S/C14H20N2/c1-6-8-10(4)11-12(14(11)16-5)13(15)9(3)7-2/h6-8,11,14,16H,2-4,15H2,1,5H3/b8-6-,13-12-. The Labute approximate surface area is 97.9 Å². The van der Waals surface area contributed by atoms with Gasteiger partial charge in [0.15, 0.2) is 0 Å².